The van der Waals surface area contributed by atoms with Crippen molar-refractivity contribution in [3.63, 3.8) is 0 Å². The van der Waals surface area contributed by atoms with Crippen LogP contribution in [-0.4, -0.2) is 84.0 Å². The molecule has 0 aromatic heterocycles. The smallest absolute Gasteiger partial charge is 0.326 e. The lowest BCUT2D eigenvalue weighted by molar-refractivity contribution is -0.142. The van der Waals surface area contributed by atoms with E-state index in [0.29, 0.717) is 31.6 Å². The number of amides is 3. The van der Waals surface area contributed by atoms with Crippen molar-refractivity contribution in [1.82, 2.24) is 16.0 Å². The number of carboxylic acid groups (broad SMARTS) is 1. The summed E-state index contributed by atoms with van der Waals surface area (Å²) in [6, 6.07) is -3.87. The Kier molecular flexibility index (Phi) is 18.2. The molecule has 13 nitrogen and oxygen atoms in total. The number of hydrogen-bond acceptors (Lipinski definition) is 8. The number of aliphatic carboxylic acids is 1. The van der Waals surface area contributed by atoms with E-state index in [1.54, 1.807) is 0 Å². The monoisotopic (exact) mass is 546 g/mol. The molecule has 0 aliphatic carbocycles. The minimum absolute atomic E-state index is 0.0244. The van der Waals surface area contributed by atoms with Crippen LogP contribution in [0.3, 0.4) is 0 Å². The third-order valence-electron chi connectivity index (χ3n) is 5.45. The van der Waals surface area contributed by atoms with Crippen LogP contribution in [0.15, 0.2) is 4.99 Å². The minimum atomic E-state index is -1.15. The number of hydrogen-bond donors (Lipinski definition) is 8. The molecule has 0 rings (SSSR count). The average Bonchev–Trinajstić information content (AvgIpc) is 2.82. The van der Waals surface area contributed by atoms with Gasteiger partial charge in [-0.1, -0.05) is 20.3 Å². The Bertz CT molecular complexity index is 749. The minimum Gasteiger partial charge on any atom is -0.480 e. The number of nitrogens with two attached hydrogens (primary N) is 4. The molecular formula is C23H46N8O5S. The Balaban J connectivity index is 5.53. The Hall–Kier alpha value is -2.58. The molecule has 14 heteroatoms. The van der Waals surface area contributed by atoms with E-state index in [1.807, 2.05) is 20.1 Å². The third kappa shape index (κ3) is 16.0. The van der Waals surface area contributed by atoms with Crippen molar-refractivity contribution in [2.24, 2.45) is 33.8 Å². The number of nitrogens with one attached hydrogen (secondary N) is 3. The molecule has 37 heavy (non-hydrogen) atoms. The zero-order chi connectivity index (χ0) is 28.4. The Morgan fingerprint density at radius 3 is 2.00 bits per heavy atom. The summed E-state index contributed by atoms with van der Waals surface area (Å²) in [7, 11) is 0. The van der Waals surface area contributed by atoms with E-state index in [1.165, 1.54) is 11.8 Å². The van der Waals surface area contributed by atoms with Gasteiger partial charge in [0.25, 0.3) is 0 Å². The number of nitrogens with zero attached hydrogens (tertiary/aromatic N) is 1. The fraction of sp³-hybridized carbons (Fsp3) is 0.783. The maximum absolute atomic E-state index is 13.2. The van der Waals surface area contributed by atoms with Crippen LogP contribution in [0, 0.1) is 5.92 Å². The molecule has 4 unspecified atom stereocenters. The van der Waals surface area contributed by atoms with Crippen molar-refractivity contribution in [1.29, 1.82) is 0 Å². The van der Waals surface area contributed by atoms with Crippen LogP contribution in [-0.2, 0) is 19.2 Å². The van der Waals surface area contributed by atoms with Crippen LogP contribution in [0.5, 0.6) is 0 Å². The predicted molar refractivity (Wildman–Crippen MR) is 147 cm³/mol. The van der Waals surface area contributed by atoms with E-state index < -0.39 is 47.9 Å². The van der Waals surface area contributed by atoms with E-state index in [9.17, 15) is 24.3 Å². The second-order valence-corrected chi connectivity index (χ2v) is 10.3. The largest absolute Gasteiger partial charge is 0.480 e. The van der Waals surface area contributed by atoms with Gasteiger partial charge in [-0.3, -0.25) is 19.4 Å². The molecule has 0 aromatic rings. The lowest BCUT2D eigenvalue weighted by Crippen LogP contribution is -2.57. The lowest BCUT2D eigenvalue weighted by Gasteiger charge is -2.26. The molecule has 0 spiro atoms. The molecule has 0 heterocycles. The predicted octanol–water partition coefficient (Wildman–Crippen LogP) is -1.17. The highest BCUT2D eigenvalue weighted by Crippen LogP contribution is 2.09. The van der Waals surface area contributed by atoms with Gasteiger partial charge in [0, 0.05) is 6.54 Å². The third-order valence-corrected chi connectivity index (χ3v) is 6.09. The first-order valence-corrected chi connectivity index (χ1v) is 14.0. The van der Waals surface area contributed by atoms with Gasteiger partial charge in [0.2, 0.25) is 17.7 Å². The SMILES string of the molecule is CSCCC(NC(=O)C(CC(C)C)NC(=O)C(CCCN=C(N)N)NC(=O)C(N)CCCCN)C(=O)O. The molecule has 0 fully saturated rings. The summed E-state index contributed by atoms with van der Waals surface area (Å²) >= 11 is 1.47. The van der Waals surface area contributed by atoms with Crippen LogP contribution < -0.4 is 38.9 Å². The Morgan fingerprint density at radius 2 is 1.46 bits per heavy atom. The first kappa shape index (κ1) is 34.4. The molecule has 0 aliphatic heterocycles. The average molecular weight is 547 g/mol. The highest BCUT2D eigenvalue weighted by molar-refractivity contribution is 7.98. The van der Waals surface area contributed by atoms with Gasteiger partial charge in [-0.2, -0.15) is 11.8 Å². The molecule has 3 amide bonds. The van der Waals surface area contributed by atoms with Gasteiger partial charge in [-0.05, 0) is 63.0 Å². The number of unbranched alkanes of at least 4 members (excludes halogenated alkanes) is 1. The highest BCUT2D eigenvalue weighted by Gasteiger charge is 2.30. The second-order valence-electron chi connectivity index (χ2n) is 9.27. The van der Waals surface area contributed by atoms with Gasteiger partial charge in [-0.15, -0.1) is 0 Å². The summed E-state index contributed by atoms with van der Waals surface area (Å²) in [5, 5.41) is 17.3. The summed E-state index contributed by atoms with van der Waals surface area (Å²) < 4.78 is 0. The molecule has 0 radical (unpaired) electrons. The number of aliphatic imine (C=N–C) groups is 1. The van der Waals surface area contributed by atoms with Gasteiger partial charge >= 0.3 is 5.97 Å². The summed E-state index contributed by atoms with van der Waals surface area (Å²) in [5.41, 5.74) is 22.2. The number of carbonyl (C=O) groups is 4. The topological polar surface area (TPSA) is 241 Å². The lowest BCUT2D eigenvalue weighted by atomic mass is 10.0. The standard InChI is InChI=1S/C23H46N8O5S/c1-14(2)13-18(21(34)30-17(22(35)36)9-12-37-3)31-20(33)16(8-6-11-28-23(26)27)29-19(32)15(25)7-4-5-10-24/h14-18H,4-13,24-25H2,1-3H3,(H,29,32)(H,30,34)(H,31,33)(H,35,36)(H4,26,27,28). The molecule has 0 bridgehead atoms. The van der Waals surface area contributed by atoms with Gasteiger partial charge in [-0.25, -0.2) is 4.79 Å². The normalized spacial score (nSPS) is 14.2. The van der Waals surface area contributed by atoms with Crippen molar-refractivity contribution in [3.05, 3.63) is 0 Å². The van der Waals surface area contributed by atoms with E-state index in [0.717, 1.165) is 6.42 Å². The quantitative estimate of drug-likeness (QED) is 0.0517. The van der Waals surface area contributed by atoms with Crippen LogP contribution in [0.4, 0.5) is 0 Å². The van der Waals surface area contributed by atoms with E-state index in [2.05, 4.69) is 20.9 Å². The van der Waals surface area contributed by atoms with Crippen molar-refractivity contribution in [2.75, 3.05) is 25.1 Å². The molecule has 12 N–H and O–H groups in total. The second kappa shape index (κ2) is 19.5. The first-order valence-electron chi connectivity index (χ1n) is 12.6. The van der Waals surface area contributed by atoms with Gasteiger partial charge in [0.05, 0.1) is 6.04 Å². The number of rotatable bonds is 20. The number of thioether (sulfide) groups is 1. The first-order chi connectivity index (χ1) is 17.4. The van der Waals surface area contributed by atoms with Crippen molar-refractivity contribution in [2.45, 2.75) is 83.0 Å². The van der Waals surface area contributed by atoms with Crippen molar-refractivity contribution in [3.8, 4) is 0 Å². The number of carboxylic acids is 1. The Labute approximate surface area is 223 Å². The van der Waals surface area contributed by atoms with Gasteiger partial charge < -0.3 is 44.0 Å². The maximum Gasteiger partial charge on any atom is 0.326 e. The fourth-order valence-corrected chi connectivity index (χ4v) is 3.90. The number of guanidine groups is 1. The summed E-state index contributed by atoms with van der Waals surface area (Å²) in [4.78, 5) is 54.3. The van der Waals surface area contributed by atoms with Crippen LogP contribution >= 0.6 is 11.8 Å². The molecule has 0 saturated carbocycles. The highest BCUT2D eigenvalue weighted by atomic mass is 32.2. The van der Waals surface area contributed by atoms with Crippen molar-refractivity contribution >= 4 is 41.4 Å². The van der Waals surface area contributed by atoms with Crippen LogP contribution in [0.25, 0.3) is 0 Å². The zero-order valence-corrected chi connectivity index (χ0v) is 23.0. The fourth-order valence-electron chi connectivity index (χ4n) is 3.43. The molecular weight excluding hydrogens is 500 g/mol. The number of carbonyl (C=O) groups excluding carboxylic acids is 3. The van der Waals surface area contributed by atoms with E-state index >= 15 is 0 Å². The molecule has 4 atom stereocenters. The molecule has 214 valence electrons. The Morgan fingerprint density at radius 1 is 0.865 bits per heavy atom. The molecule has 0 saturated heterocycles. The van der Waals surface area contributed by atoms with E-state index in [-0.39, 0.29) is 37.7 Å². The summed E-state index contributed by atoms with van der Waals surface area (Å²) in [5.74, 6) is -2.33. The van der Waals surface area contributed by atoms with Gasteiger partial charge in [0.1, 0.15) is 18.1 Å². The molecule has 0 aromatic carbocycles. The van der Waals surface area contributed by atoms with Gasteiger partial charge in [0.15, 0.2) is 5.96 Å². The van der Waals surface area contributed by atoms with Crippen molar-refractivity contribution < 1.29 is 24.3 Å². The van der Waals surface area contributed by atoms with E-state index in [4.69, 9.17) is 22.9 Å². The summed E-state index contributed by atoms with van der Waals surface area (Å²) in [6.45, 7) is 4.49. The van der Waals surface area contributed by atoms with Crippen LogP contribution in [0.2, 0.25) is 0 Å². The molecule has 0 aliphatic rings. The van der Waals surface area contributed by atoms with Crippen LogP contribution in [0.1, 0.15) is 58.8 Å². The zero-order valence-electron chi connectivity index (χ0n) is 22.2. The summed E-state index contributed by atoms with van der Waals surface area (Å²) in [6.07, 6.45) is 4.76. The maximum atomic E-state index is 13.2.